The lowest BCUT2D eigenvalue weighted by Gasteiger charge is -2.34. The monoisotopic (exact) mass is 518 g/mol. The zero-order chi connectivity index (χ0) is 23.4. The maximum atomic E-state index is 12.5. The molecule has 0 aliphatic carbocycles. The molecule has 0 unspecified atom stereocenters. The molecular formula is C22H22Cl4N2O4. The van der Waals surface area contributed by atoms with Gasteiger partial charge in [0.1, 0.15) is 11.5 Å². The summed E-state index contributed by atoms with van der Waals surface area (Å²) in [5, 5.41) is 1.72. The second-order valence-corrected chi connectivity index (χ2v) is 9.09. The summed E-state index contributed by atoms with van der Waals surface area (Å²) in [5.74, 6) is 0.516. The Morgan fingerprint density at radius 2 is 1.06 bits per heavy atom. The molecule has 172 valence electrons. The summed E-state index contributed by atoms with van der Waals surface area (Å²) in [5.41, 5.74) is 1.50. The molecular weight excluding hydrogens is 498 g/mol. The van der Waals surface area contributed by atoms with Gasteiger partial charge in [0.25, 0.3) is 11.8 Å². The number of carbonyl (C=O) groups excluding carboxylic acids is 2. The Morgan fingerprint density at radius 1 is 0.719 bits per heavy atom. The van der Waals surface area contributed by atoms with Gasteiger partial charge in [-0.2, -0.15) is 0 Å². The lowest BCUT2D eigenvalue weighted by atomic mass is 10.2. The van der Waals surface area contributed by atoms with Crippen LogP contribution in [-0.4, -0.2) is 61.0 Å². The normalized spacial score (nSPS) is 13.8. The van der Waals surface area contributed by atoms with E-state index in [4.69, 9.17) is 55.9 Å². The largest absolute Gasteiger partial charge is 0.482 e. The number of carbonyl (C=O) groups is 2. The highest BCUT2D eigenvalue weighted by molar-refractivity contribution is 6.36. The number of aryl methyl sites for hydroxylation is 2. The maximum absolute atomic E-state index is 12.5. The minimum Gasteiger partial charge on any atom is -0.482 e. The Labute approximate surface area is 206 Å². The topological polar surface area (TPSA) is 59.1 Å². The van der Waals surface area contributed by atoms with E-state index in [2.05, 4.69) is 0 Å². The lowest BCUT2D eigenvalue weighted by Crippen LogP contribution is -2.52. The predicted octanol–water partition coefficient (Wildman–Crippen LogP) is 5.05. The number of ether oxygens (including phenoxy) is 2. The van der Waals surface area contributed by atoms with E-state index in [9.17, 15) is 9.59 Å². The van der Waals surface area contributed by atoms with Crippen LogP contribution in [0.1, 0.15) is 11.1 Å². The van der Waals surface area contributed by atoms with E-state index in [1.54, 1.807) is 34.1 Å². The fraction of sp³-hybridized carbons (Fsp3) is 0.364. The maximum Gasteiger partial charge on any atom is 0.260 e. The molecule has 0 aromatic heterocycles. The highest BCUT2D eigenvalue weighted by Crippen LogP contribution is 2.32. The molecule has 1 fully saturated rings. The zero-order valence-corrected chi connectivity index (χ0v) is 20.6. The molecule has 1 aliphatic heterocycles. The number of rotatable bonds is 6. The van der Waals surface area contributed by atoms with Gasteiger partial charge in [0, 0.05) is 36.2 Å². The smallest absolute Gasteiger partial charge is 0.260 e. The molecule has 32 heavy (non-hydrogen) atoms. The van der Waals surface area contributed by atoms with E-state index in [0.29, 0.717) is 57.8 Å². The first-order valence-corrected chi connectivity index (χ1v) is 11.4. The highest BCUT2D eigenvalue weighted by Gasteiger charge is 2.25. The van der Waals surface area contributed by atoms with Crippen LogP contribution in [0.25, 0.3) is 0 Å². The third-order valence-electron chi connectivity index (χ3n) is 5.05. The van der Waals surface area contributed by atoms with Crippen molar-refractivity contribution in [3.8, 4) is 11.5 Å². The number of hydrogen-bond acceptors (Lipinski definition) is 4. The van der Waals surface area contributed by atoms with Gasteiger partial charge in [0.05, 0.1) is 10.0 Å². The SMILES string of the molecule is Cc1cc(Cl)cc(Cl)c1OCC(=O)N1CCN(C(=O)COc2c(C)cc(Cl)cc2Cl)CC1. The van der Waals surface area contributed by atoms with E-state index < -0.39 is 0 Å². The molecule has 1 saturated heterocycles. The number of halogens is 4. The minimum absolute atomic E-state index is 0.145. The van der Waals surface area contributed by atoms with Crippen molar-refractivity contribution in [3.05, 3.63) is 55.5 Å². The second-order valence-electron chi connectivity index (χ2n) is 7.41. The molecule has 0 bridgehead atoms. The van der Waals surface area contributed by atoms with E-state index in [0.717, 1.165) is 11.1 Å². The number of piperazine rings is 1. The first kappa shape index (κ1) is 24.8. The van der Waals surface area contributed by atoms with E-state index in [-0.39, 0.29) is 25.0 Å². The molecule has 6 nitrogen and oxygen atoms in total. The minimum atomic E-state index is -0.178. The molecule has 3 rings (SSSR count). The Kier molecular flexibility index (Phi) is 8.39. The Bertz CT molecular complexity index is 895. The van der Waals surface area contributed by atoms with Gasteiger partial charge >= 0.3 is 0 Å². The summed E-state index contributed by atoms with van der Waals surface area (Å²) in [6.07, 6.45) is 0. The number of hydrogen-bond donors (Lipinski definition) is 0. The molecule has 2 aromatic carbocycles. The van der Waals surface area contributed by atoms with Crippen molar-refractivity contribution in [2.24, 2.45) is 0 Å². The standard InChI is InChI=1S/C22H22Cl4N2O4/c1-13-7-15(23)9-17(25)21(13)31-11-19(29)27-3-5-28(6-4-27)20(30)12-32-22-14(2)8-16(24)10-18(22)26/h7-10H,3-6,11-12H2,1-2H3. The van der Waals surface area contributed by atoms with Crippen molar-refractivity contribution in [1.29, 1.82) is 0 Å². The van der Waals surface area contributed by atoms with Crippen LogP contribution in [0.5, 0.6) is 11.5 Å². The highest BCUT2D eigenvalue weighted by atomic mass is 35.5. The fourth-order valence-corrected chi connectivity index (χ4v) is 4.70. The fourth-order valence-electron chi connectivity index (χ4n) is 3.40. The Hall–Kier alpha value is -1.86. The van der Waals surface area contributed by atoms with Gasteiger partial charge in [-0.15, -0.1) is 0 Å². The average molecular weight is 520 g/mol. The van der Waals surface area contributed by atoms with Crippen LogP contribution in [0, 0.1) is 13.8 Å². The van der Waals surface area contributed by atoms with Gasteiger partial charge in [0.15, 0.2) is 13.2 Å². The van der Waals surface area contributed by atoms with Crippen LogP contribution in [0.3, 0.4) is 0 Å². The van der Waals surface area contributed by atoms with Crippen LogP contribution in [-0.2, 0) is 9.59 Å². The van der Waals surface area contributed by atoms with Crippen molar-refractivity contribution in [3.63, 3.8) is 0 Å². The second kappa shape index (κ2) is 10.8. The molecule has 2 amide bonds. The molecule has 1 aliphatic rings. The lowest BCUT2D eigenvalue weighted by molar-refractivity contribution is -0.141. The summed E-state index contributed by atoms with van der Waals surface area (Å²) < 4.78 is 11.3. The first-order valence-electron chi connectivity index (χ1n) is 9.88. The van der Waals surface area contributed by atoms with Crippen LogP contribution in [0.15, 0.2) is 24.3 Å². The van der Waals surface area contributed by atoms with Crippen molar-refractivity contribution in [2.75, 3.05) is 39.4 Å². The summed E-state index contributed by atoms with van der Waals surface area (Å²) in [4.78, 5) is 28.4. The van der Waals surface area contributed by atoms with Gasteiger partial charge in [-0.3, -0.25) is 9.59 Å². The predicted molar refractivity (Wildman–Crippen MR) is 127 cm³/mol. The summed E-state index contributed by atoms with van der Waals surface area (Å²) in [7, 11) is 0. The third kappa shape index (κ3) is 6.13. The summed E-state index contributed by atoms with van der Waals surface area (Å²) in [6.45, 7) is 4.95. The molecule has 0 spiro atoms. The van der Waals surface area contributed by atoms with Gasteiger partial charge in [-0.1, -0.05) is 46.4 Å². The molecule has 0 N–H and O–H groups in total. The van der Waals surface area contributed by atoms with Crippen LogP contribution in [0.4, 0.5) is 0 Å². The molecule has 2 aromatic rings. The Balaban J connectivity index is 1.47. The first-order chi connectivity index (χ1) is 15.2. The molecule has 0 atom stereocenters. The van der Waals surface area contributed by atoms with Crippen LogP contribution >= 0.6 is 46.4 Å². The summed E-state index contributed by atoms with van der Waals surface area (Å²) in [6, 6.07) is 6.58. The van der Waals surface area contributed by atoms with Gasteiger partial charge in [-0.25, -0.2) is 0 Å². The van der Waals surface area contributed by atoms with Gasteiger partial charge in [-0.05, 0) is 49.2 Å². The molecule has 1 heterocycles. The quantitative estimate of drug-likeness (QED) is 0.536. The van der Waals surface area contributed by atoms with Crippen molar-refractivity contribution in [2.45, 2.75) is 13.8 Å². The van der Waals surface area contributed by atoms with E-state index in [1.165, 1.54) is 0 Å². The molecule has 0 saturated carbocycles. The number of benzene rings is 2. The number of nitrogens with zero attached hydrogens (tertiary/aromatic N) is 2. The Morgan fingerprint density at radius 3 is 1.38 bits per heavy atom. The van der Waals surface area contributed by atoms with Crippen molar-refractivity contribution in [1.82, 2.24) is 9.80 Å². The van der Waals surface area contributed by atoms with E-state index >= 15 is 0 Å². The number of amides is 2. The third-order valence-corrected chi connectivity index (χ3v) is 6.05. The van der Waals surface area contributed by atoms with Crippen molar-refractivity contribution >= 4 is 58.2 Å². The average Bonchev–Trinajstić information content (AvgIpc) is 2.72. The van der Waals surface area contributed by atoms with Crippen molar-refractivity contribution < 1.29 is 19.1 Å². The van der Waals surface area contributed by atoms with E-state index in [1.807, 2.05) is 13.8 Å². The molecule has 0 radical (unpaired) electrons. The van der Waals surface area contributed by atoms with Gasteiger partial charge in [0.2, 0.25) is 0 Å². The van der Waals surface area contributed by atoms with Crippen LogP contribution in [0.2, 0.25) is 20.1 Å². The zero-order valence-electron chi connectivity index (χ0n) is 17.6. The van der Waals surface area contributed by atoms with Crippen LogP contribution < -0.4 is 9.47 Å². The summed E-state index contributed by atoms with van der Waals surface area (Å²) >= 11 is 24.2. The van der Waals surface area contributed by atoms with Gasteiger partial charge < -0.3 is 19.3 Å². The molecule has 10 heteroatoms.